The van der Waals surface area contributed by atoms with E-state index in [1.165, 1.54) is 0 Å². The molecule has 0 aromatic heterocycles. The van der Waals surface area contributed by atoms with Crippen molar-refractivity contribution in [1.29, 1.82) is 0 Å². The molecule has 0 rings (SSSR count). The monoisotopic (exact) mass is 149 g/mol. The minimum Gasteiger partial charge on any atom is -0.361 e. The maximum Gasteiger partial charge on any atom is 0.130 e. The predicted molar refractivity (Wildman–Crippen MR) is 43.4 cm³/mol. The summed E-state index contributed by atoms with van der Waals surface area (Å²) in [7, 11) is 4.23. The lowest BCUT2D eigenvalue weighted by Crippen LogP contribution is -2.11. The van der Waals surface area contributed by atoms with Crippen LogP contribution in [0.3, 0.4) is 0 Å². The molecule has 0 aromatic rings. The van der Waals surface area contributed by atoms with Crippen LogP contribution in [-0.2, 0) is 9.47 Å². The van der Waals surface area contributed by atoms with E-state index in [9.17, 15) is 0 Å². The van der Waals surface area contributed by atoms with Crippen molar-refractivity contribution in [2.75, 3.05) is 14.2 Å². The highest BCUT2D eigenvalue weighted by Gasteiger charge is 1.87. The van der Waals surface area contributed by atoms with Gasteiger partial charge in [-0.05, 0) is 0 Å². The highest BCUT2D eigenvalue weighted by Crippen LogP contribution is 1.77. The van der Waals surface area contributed by atoms with Gasteiger partial charge in [-0.25, -0.2) is 0 Å². The molecule has 0 aliphatic heterocycles. The van der Waals surface area contributed by atoms with Gasteiger partial charge in [0.25, 0.3) is 0 Å². The first-order valence-electron chi connectivity index (χ1n) is 3.07. The zero-order valence-electron chi connectivity index (χ0n) is 6.81. The second kappa shape index (κ2) is 11.0. The molecule has 2 nitrogen and oxygen atoms in total. The van der Waals surface area contributed by atoms with Crippen LogP contribution >= 0.6 is 0 Å². The number of methoxy groups -OCH3 is 2. The van der Waals surface area contributed by atoms with Gasteiger partial charge in [-0.15, -0.1) is 0 Å². The molecule has 0 heterocycles. The summed E-state index contributed by atoms with van der Waals surface area (Å²) < 4.78 is 9.48. The third kappa shape index (κ3) is 17.9. The van der Waals surface area contributed by atoms with Gasteiger partial charge < -0.3 is 9.47 Å². The van der Waals surface area contributed by atoms with Crippen molar-refractivity contribution >= 4 is 10.2 Å². The van der Waals surface area contributed by atoms with Crippen molar-refractivity contribution in [2.24, 2.45) is 0 Å². The molecule has 0 unspecified atom stereocenters. The molecule has 0 spiro atoms. The maximum absolute atomic E-state index is 4.74. The molecule has 0 atom stereocenters. The number of rotatable bonds is 2. The minimum atomic E-state index is 0.0741. The highest BCUT2D eigenvalue weighted by atomic mass is 28.1. The van der Waals surface area contributed by atoms with Crippen LogP contribution < -0.4 is 0 Å². The zero-order chi connectivity index (χ0) is 7.70. The van der Waals surface area contributed by atoms with Gasteiger partial charge >= 0.3 is 0 Å². The average Bonchev–Trinajstić information content (AvgIpc) is 1.88. The minimum absolute atomic E-state index is 0.0741. The summed E-state index contributed by atoms with van der Waals surface area (Å²) in [5, 5.41) is 0. The van der Waals surface area contributed by atoms with Crippen LogP contribution in [0.4, 0.5) is 0 Å². The molecule has 0 aliphatic carbocycles. The lowest BCUT2D eigenvalue weighted by molar-refractivity contribution is -0.0411. The van der Waals surface area contributed by atoms with E-state index in [-0.39, 0.29) is 5.91 Å². The quantitative estimate of drug-likeness (QED) is 0.411. The van der Waals surface area contributed by atoms with Gasteiger partial charge in [0.2, 0.25) is 0 Å². The van der Waals surface area contributed by atoms with Crippen LogP contribution in [0.5, 0.6) is 0 Å². The summed E-state index contributed by atoms with van der Waals surface area (Å²) >= 11 is 0. The Kier molecular flexibility index (Phi) is 14.5. The van der Waals surface area contributed by atoms with Crippen molar-refractivity contribution in [1.82, 2.24) is 0 Å². The average molecular weight is 149 g/mol. The third-order valence-corrected chi connectivity index (χ3v) is 1.61. The van der Waals surface area contributed by atoms with E-state index in [0.717, 1.165) is 16.7 Å². The van der Waals surface area contributed by atoms with E-state index in [1.807, 2.05) is 6.92 Å². The standard InChI is InChI=1S/C3H10O2Si.C3H7/c1-4-3(6)5-2;1-3-2/h3H,1-2,6H3;1,3H2,2H3. The van der Waals surface area contributed by atoms with Gasteiger partial charge in [-0.1, -0.05) is 20.3 Å². The molecule has 0 N–H and O–H groups in total. The summed E-state index contributed by atoms with van der Waals surface area (Å²) in [6, 6.07) is 0. The van der Waals surface area contributed by atoms with Gasteiger partial charge in [0.15, 0.2) is 0 Å². The zero-order valence-corrected chi connectivity index (χ0v) is 8.81. The van der Waals surface area contributed by atoms with Gasteiger partial charge in [-0.2, -0.15) is 0 Å². The molecule has 0 aromatic carbocycles. The molecule has 0 fully saturated rings. The molecule has 3 heteroatoms. The lowest BCUT2D eigenvalue weighted by atomic mass is 10.6. The molecule has 1 radical (unpaired) electrons. The molecule has 0 saturated heterocycles. The summed E-state index contributed by atoms with van der Waals surface area (Å²) in [6.07, 6.45) is 1.00. The third-order valence-electron chi connectivity index (χ3n) is 0.664. The largest absolute Gasteiger partial charge is 0.361 e. The summed E-state index contributed by atoms with van der Waals surface area (Å²) in [5.74, 6) is 0.0741. The van der Waals surface area contributed by atoms with Crippen molar-refractivity contribution in [3.63, 3.8) is 0 Å². The molecule has 57 valence electrons. The fourth-order valence-corrected chi connectivity index (χ4v) is 0.0962. The van der Waals surface area contributed by atoms with E-state index >= 15 is 0 Å². The maximum atomic E-state index is 4.74. The van der Waals surface area contributed by atoms with Gasteiger partial charge in [-0.3, -0.25) is 0 Å². The first kappa shape index (κ1) is 11.9. The second-order valence-electron chi connectivity index (χ2n) is 1.54. The van der Waals surface area contributed by atoms with Crippen molar-refractivity contribution in [3.8, 4) is 0 Å². The van der Waals surface area contributed by atoms with E-state index < -0.39 is 0 Å². The van der Waals surface area contributed by atoms with Crippen LogP contribution in [0.25, 0.3) is 0 Å². The molecule has 9 heavy (non-hydrogen) atoms. The molecule has 0 bridgehead atoms. The Bertz CT molecular complexity index is 38.0. The van der Waals surface area contributed by atoms with Crippen LogP contribution in [0.2, 0.25) is 0 Å². The van der Waals surface area contributed by atoms with Crippen LogP contribution in [-0.4, -0.2) is 30.4 Å². The molecular weight excluding hydrogens is 132 g/mol. The fraction of sp³-hybridized carbons (Fsp3) is 0.833. The smallest absolute Gasteiger partial charge is 0.130 e. The number of ether oxygens (including phenoxy) is 2. The fourth-order valence-electron chi connectivity index (χ4n) is 0.0962. The Morgan fingerprint density at radius 1 is 1.44 bits per heavy atom. The van der Waals surface area contributed by atoms with Crippen LogP contribution in [0.15, 0.2) is 0 Å². The highest BCUT2D eigenvalue weighted by molar-refractivity contribution is 6.09. The Morgan fingerprint density at radius 3 is 1.67 bits per heavy atom. The van der Waals surface area contributed by atoms with E-state index in [2.05, 4.69) is 6.92 Å². The predicted octanol–water partition coefficient (Wildman–Crippen LogP) is 0.159. The summed E-state index contributed by atoms with van der Waals surface area (Å²) in [5.41, 5.74) is 0. The Balaban J connectivity index is 0. The SMILES string of the molecule is COC([SiH3])OC.[CH2]CC. The van der Waals surface area contributed by atoms with Crippen molar-refractivity contribution in [2.45, 2.75) is 19.3 Å². The van der Waals surface area contributed by atoms with E-state index in [0.29, 0.717) is 0 Å². The van der Waals surface area contributed by atoms with Gasteiger partial charge in [0.1, 0.15) is 5.91 Å². The summed E-state index contributed by atoms with van der Waals surface area (Å²) in [6.45, 7) is 5.50. The van der Waals surface area contributed by atoms with Crippen LogP contribution in [0, 0.1) is 6.92 Å². The second-order valence-corrected chi connectivity index (χ2v) is 2.48. The van der Waals surface area contributed by atoms with E-state index in [4.69, 9.17) is 9.47 Å². The Hall–Kier alpha value is 0.137. The normalized spacial score (nSPS) is 9.00. The summed E-state index contributed by atoms with van der Waals surface area (Å²) in [4.78, 5) is 0. The molecular formula is C6H17O2Si. The topological polar surface area (TPSA) is 18.5 Å². The van der Waals surface area contributed by atoms with Gasteiger partial charge in [0, 0.05) is 14.2 Å². The lowest BCUT2D eigenvalue weighted by Gasteiger charge is -2.03. The molecule has 0 amide bonds. The van der Waals surface area contributed by atoms with E-state index in [1.54, 1.807) is 14.2 Å². The van der Waals surface area contributed by atoms with Crippen molar-refractivity contribution in [3.05, 3.63) is 6.92 Å². The number of hydrogen-bond acceptors (Lipinski definition) is 2. The number of hydrogen-bond donors (Lipinski definition) is 0. The van der Waals surface area contributed by atoms with Crippen molar-refractivity contribution < 1.29 is 9.47 Å². The van der Waals surface area contributed by atoms with Gasteiger partial charge in [0.05, 0.1) is 10.2 Å². The first-order chi connectivity index (χ1) is 4.22. The first-order valence-corrected chi connectivity index (χ1v) is 4.23. The molecule has 0 saturated carbocycles. The Labute approximate surface area is 61.0 Å². The van der Waals surface area contributed by atoms with Crippen LogP contribution in [0.1, 0.15) is 13.3 Å². The Morgan fingerprint density at radius 2 is 1.67 bits per heavy atom. The molecule has 0 aliphatic rings.